The van der Waals surface area contributed by atoms with Crippen LogP contribution in [0.25, 0.3) is 0 Å². The predicted octanol–water partition coefficient (Wildman–Crippen LogP) is 3.17. The molecule has 0 saturated carbocycles. The maximum Gasteiger partial charge on any atom is 0.160 e. The number of ether oxygens (including phenoxy) is 1. The Kier molecular flexibility index (Phi) is 6.50. The first kappa shape index (κ1) is 17.4. The molecule has 0 saturated heterocycles. The van der Waals surface area contributed by atoms with Gasteiger partial charge < -0.3 is 19.6 Å². The van der Waals surface area contributed by atoms with Crippen molar-refractivity contribution < 1.29 is 14.3 Å². The highest BCUT2D eigenvalue weighted by atomic mass is 16.5. The lowest BCUT2D eigenvalue weighted by atomic mass is 10.1. The van der Waals surface area contributed by atoms with Crippen molar-refractivity contribution in [3.8, 4) is 11.5 Å². The number of hydrogen-bond donors (Lipinski definition) is 2. The molecule has 2 aromatic rings. The number of likely N-dealkylation sites (N-methyl/N-ethyl adjacent to an activating group) is 1. The molecule has 0 aliphatic rings. The second-order valence-corrected chi connectivity index (χ2v) is 5.39. The smallest absolute Gasteiger partial charge is 0.160 e. The highest BCUT2D eigenvalue weighted by molar-refractivity contribution is 5.41. The SMILES string of the molecule is CCN(CC)C(CNCc1ccc(OC)c(O)c1)c1ccco1. The van der Waals surface area contributed by atoms with Crippen molar-refractivity contribution in [3.63, 3.8) is 0 Å². The van der Waals surface area contributed by atoms with Gasteiger partial charge in [-0.15, -0.1) is 0 Å². The fourth-order valence-electron chi connectivity index (χ4n) is 2.75. The Morgan fingerprint density at radius 1 is 1.26 bits per heavy atom. The van der Waals surface area contributed by atoms with E-state index in [-0.39, 0.29) is 11.8 Å². The van der Waals surface area contributed by atoms with Gasteiger partial charge in [0.1, 0.15) is 5.76 Å². The van der Waals surface area contributed by atoms with Gasteiger partial charge in [0.2, 0.25) is 0 Å². The maximum atomic E-state index is 9.84. The van der Waals surface area contributed by atoms with Crippen molar-refractivity contribution in [3.05, 3.63) is 47.9 Å². The van der Waals surface area contributed by atoms with Crippen LogP contribution in [0.1, 0.15) is 31.2 Å². The fraction of sp³-hybridized carbons (Fsp3) is 0.444. The van der Waals surface area contributed by atoms with Crippen molar-refractivity contribution >= 4 is 0 Å². The number of methoxy groups -OCH3 is 1. The quantitative estimate of drug-likeness (QED) is 0.744. The van der Waals surface area contributed by atoms with Gasteiger partial charge in [-0.25, -0.2) is 0 Å². The third-order valence-corrected chi connectivity index (χ3v) is 4.03. The van der Waals surface area contributed by atoms with E-state index in [2.05, 4.69) is 24.1 Å². The largest absolute Gasteiger partial charge is 0.504 e. The second kappa shape index (κ2) is 8.60. The second-order valence-electron chi connectivity index (χ2n) is 5.39. The molecule has 0 bridgehead atoms. The number of furan rings is 1. The van der Waals surface area contributed by atoms with Gasteiger partial charge in [0.25, 0.3) is 0 Å². The molecule has 126 valence electrons. The molecule has 0 fully saturated rings. The Morgan fingerprint density at radius 3 is 2.61 bits per heavy atom. The molecule has 2 rings (SSSR count). The van der Waals surface area contributed by atoms with E-state index in [0.29, 0.717) is 12.3 Å². The summed E-state index contributed by atoms with van der Waals surface area (Å²) in [6.07, 6.45) is 1.72. The first-order valence-corrected chi connectivity index (χ1v) is 8.03. The zero-order chi connectivity index (χ0) is 16.7. The van der Waals surface area contributed by atoms with Crippen LogP contribution in [0.4, 0.5) is 0 Å². The van der Waals surface area contributed by atoms with Gasteiger partial charge in [-0.2, -0.15) is 0 Å². The molecule has 0 amide bonds. The summed E-state index contributed by atoms with van der Waals surface area (Å²) >= 11 is 0. The molecule has 0 aliphatic heterocycles. The summed E-state index contributed by atoms with van der Waals surface area (Å²) in [5.74, 6) is 1.63. The van der Waals surface area contributed by atoms with Gasteiger partial charge in [-0.3, -0.25) is 4.90 Å². The molecule has 1 unspecified atom stereocenters. The summed E-state index contributed by atoms with van der Waals surface area (Å²) < 4.78 is 10.7. The van der Waals surface area contributed by atoms with Crippen molar-refractivity contribution in [2.75, 3.05) is 26.7 Å². The average Bonchev–Trinajstić information content (AvgIpc) is 3.08. The van der Waals surface area contributed by atoms with Crippen LogP contribution >= 0.6 is 0 Å². The maximum absolute atomic E-state index is 9.84. The zero-order valence-corrected chi connectivity index (χ0v) is 14.1. The van der Waals surface area contributed by atoms with Crippen molar-refractivity contribution in [1.82, 2.24) is 10.2 Å². The molecule has 2 N–H and O–H groups in total. The first-order chi connectivity index (χ1) is 11.2. The fourth-order valence-corrected chi connectivity index (χ4v) is 2.75. The standard InChI is InChI=1S/C18H26N2O3/c1-4-20(5-2)15(17-7-6-10-23-17)13-19-12-14-8-9-18(22-3)16(21)11-14/h6-11,15,19,21H,4-5,12-13H2,1-3H3. The molecule has 0 radical (unpaired) electrons. The van der Waals surface area contributed by atoms with Crippen molar-refractivity contribution in [2.24, 2.45) is 0 Å². The van der Waals surface area contributed by atoms with E-state index in [9.17, 15) is 5.11 Å². The number of phenolic OH excluding ortho intramolecular Hbond substituents is 1. The lowest BCUT2D eigenvalue weighted by molar-refractivity contribution is 0.188. The van der Waals surface area contributed by atoms with Crippen LogP contribution in [-0.4, -0.2) is 36.8 Å². The Bertz CT molecular complexity index is 580. The molecule has 5 nitrogen and oxygen atoms in total. The lowest BCUT2D eigenvalue weighted by Crippen LogP contribution is -2.35. The minimum Gasteiger partial charge on any atom is -0.504 e. The summed E-state index contributed by atoms with van der Waals surface area (Å²) in [5.41, 5.74) is 1.01. The van der Waals surface area contributed by atoms with Gasteiger partial charge in [0, 0.05) is 13.1 Å². The van der Waals surface area contributed by atoms with Crippen LogP contribution in [0.2, 0.25) is 0 Å². The third-order valence-electron chi connectivity index (χ3n) is 4.03. The normalized spacial score (nSPS) is 12.5. The molecule has 5 heteroatoms. The molecule has 1 aromatic carbocycles. The van der Waals surface area contributed by atoms with Gasteiger partial charge in [-0.05, 0) is 42.9 Å². The van der Waals surface area contributed by atoms with Gasteiger partial charge in [0.05, 0.1) is 19.4 Å². The Morgan fingerprint density at radius 2 is 2.04 bits per heavy atom. The van der Waals surface area contributed by atoms with Crippen LogP contribution in [0, 0.1) is 0 Å². The van der Waals surface area contributed by atoms with Crippen LogP contribution < -0.4 is 10.1 Å². The summed E-state index contributed by atoms with van der Waals surface area (Å²) in [6, 6.07) is 9.60. The summed E-state index contributed by atoms with van der Waals surface area (Å²) in [5, 5.41) is 13.3. The molecule has 0 aliphatic carbocycles. The molecule has 1 heterocycles. The number of nitrogens with one attached hydrogen (secondary N) is 1. The molecule has 0 spiro atoms. The Balaban J connectivity index is 1.97. The topological polar surface area (TPSA) is 57.9 Å². The third kappa shape index (κ3) is 4.50. The molecule has 23 heavy (non-hydrogen) atoms. The van der Waals surface area contributed by atoms with E-state index in [1.165, 1.54) is 0 Å². The number of benzene rings is 1. The Hall–Kier alpha value is -1.98. The minimum absolute atomic E-state index is 0.165. The first-order valence-electron chi connectivity index (χ1n) is 8.03. The molecule has 1 atom stereocenters. The number of nitrogens with zero attached hydrogens (tertiary/aromatic N) is 1. The predicted molar refractivity (Wildman–Crippen MR) is 90.7 cm³/mol. The number of phenols is 1. The minimum atomic E-state index is 0.165. The van der Waals surface area contributed by atoms with Crippen LogP contribution in [-0.2, 0) is 6.54 Å². The van der Waals surface area contributed by atoms with E-state index in [1.54, 1.807) is 25.5 Å². The average molecular weight is 318 g/mol. The van der Waals surface area contributed by atoms with Gasteiger partial charge in [0.15, 0.2) is 11.5 Å². The van der Waals surface area contributed by atoms with Gasteiger partial charge >= 0.3 is 0 Å². The summed E-state index contributed by atoms with van der Waals surface area (Å²) in [4.78, 5) is 2.36. The van der Waals surface area contributed by atoms with E-state index < -0.39 is 0 Å². The summed E-state index contributed by atoms with van der Waals surface area (Å²) in [6.45, 7) is 7.69. The van der Waals surface area contributed by atoms with Crippen LogP contribution in [0.3, 0.4) is 0 Å². The monoisotopic (exact) mass is 318 g/mol. The van der Waals surface area contributed by atoms with Crippen LogP contribution in [0.5, 0.6) is 11.5 Å². The van der Waals surface area contributed by atoms with E-state index >= 15 is 0 Å². The van der Waals surface area contributed by atoms with Crippen molar-refractivity contribution in [1.29, 1.82) is 0 Å². The molecular weight excluding hydrogens is 292 g/mol. The lowest BCUT2D eigenvalue weighted by Gasteiger charge is -2.28. The molecule has 1 aromatic heterocycles. The summed E-state index contributed by atoms with van der Waals surface area (Å²) in [7, 11) is 1.55. The van der Waals surface area contributed by atoms with E-state index in [4.69, 9.17) is 9.15 Å². The van der Waals surface area contributed by atoms with Crippen molar-refractivity contribution in [2.45, 2.75) is 26.4 Å². The number of rotatable bonds is 9. The Labute approximate surface area is 137 Å². The van der Waals surface area contributed by atoms with E-state index in [1.807, 2.05) is 18.2 Å². The zero-order valence-electron chi connectivity index (χ0n) is 14.1. The van der Waals surface area contributed by atoms with Crippen LogP contribution in [0.15, 0.2) is 41.0 Å². The number of aromatic hydroxyl groups is 1. The number of hydrogen-bond acceptors (Lipinski definition) is 5. The van der Waals surface area contributed by atoms with E-state index in [0.717, 1.165) is 31.0 Å². The highest BCUT2D eigenvalue weighted by Crippen LogP contribution is 2.26. The highest BCUT2D eigenvalue weighted by Gasteiger charge is 2.20. The van der Waals surface area contributed by atoms with Gasteiger partial charge in [-0.1, -0.05) is 19.9 Å². The molecular formula is C18H26N2O3.